The van der Waals surface area contributed by atoms with Gasteiger partial charge in [0.2, 0.25) is 5.91 Å². The van der Waals surface area contributed by atoms with Crippen molar-refractivity contribution in [3.05, 3.63) is 47.6 Å². The van der Waals surface area contributed by atoms with Crippen LogP contribution in [0.3, 0.4) is 0 Å². The van der Waals surface area contributed by atoms with Gasteiger partial charge in [-0.1, -0.05) is 11.6 Å². The van der Waals surface area contributed by atoms with E-state index in [4.69, 9.17) is 16.3 Å². The van der Waals surface area contributed by atoms with Crippen LogP contribution in [-0.4, -0.2) is 65.5 Å². The number of carbonyl (C=O) groups excluding carboxylic acids is 1. The summed E-state index contributed by atoms with van der Waals surface area (Å²) >= 11 is 6.24. The fraction of sp³-hybridized carbons (Fsp3) is 0.364. The summed E-state index contributed by atoms with van der Waals surface area (Å²) in [6.07, 6.45) is 3.73. The number of likely N-dealkylation sites (tertiary alicyclic amines) is 1. The van der Waals surface area contributed by atoms with Crippen LogP contribution in [0.1, 0.15) is 12.8 Å². The van der Waals surface area contributed by atoms with Crippen LogP contribution in [0.2, 0.25) is 5.02 Å². The van der Waals surface area contributed by atoms with Gasteiger partial charge >= 0.3 is 0 Å². The zero-order chi connectivity index (χ0) is 20.4. The summed E-state index contributed by atoms with van der Waals surface area (Å²) in [6.45, 7) is 2.24. The molecular weight excluding hydrogens is 388 g/mol. The third kappa shape index (κ3) is 4.54. The zero-order valence-corrected chi connectivity index (χ0v) is 17.4. The molecule has 0 aliphatic carbocycles. The molecule has 2 aromatic heterocycles. The molecule has 3 heterocycles. The van der Waals surface area contributed by atoms with Crippen molar-refractivity contribution < 1.29 is 9.53 Å². The monoisotopic (exact) mass is 412 g/mol. The van der Waals surface area contributed by atoms with E-state index in [9.17, 15) is 4.79 Å². The smallest absolute Gasteiger partial charge is 0.236 e. The maximum Gasteiger partial charge on any atom is 0.236 e. The standard InChI is InChI=1S/C22H25ClN4O2/c1-26(2)21(28)14-27-11-8-17(9-12-27)29-16-5-3-15(4-6-16)20-13-18-19(23)7-10-24-22(18)25-20/h3-7,10,13,17H,8-9,11-12,14H2,1-2H3,(H,24,25). The van der Waals surface area contributed by atoms with E-state index >= 15 is 0 Å². The third-order valence-corrected chi connectivity index (χ3v) is 5.67. The number of hydrogen-bond acceptors (Lipinski definition) is 4. The molecule has 3 aromatic rings. The van der Waals surface area contributed by atoms with Crippen LogP contribution >= 0.6 is 11.6 Å². The number of H-pyrrole nitrogens is 1. The zero-order valence-electron chi connectivity index (χ0n) is 16.7. The van der Waals surface area contributed by atoms with Crippen LogP contribution in [0, 0.1) is 0 Å². The number of hydrogen-bond donors (Lipinski definition) is 1. The number of fused-ring (bicyclic) bond motifs is 1. The molecule has 1 fully saturated rings. The van der Waals surface area contributed by atoms with Gasteiger partial charge in [0.1, 0.15) is 17.5 Å². The van der Waals surface area contributed by atoms with Gasteiger partial charge in [0, 0.05) is 44.5 Å². The summed E-state index contributed by atoms with van der Waals surface area (Å²) in [5.41, 5.74) is 2.82. The molecule has 0 atom stereocenters. The number of amides is 1. The van der Waals surface area contributed by atoms with Gasteiger partial charge in [0.25, 0.3) is 0 Å². The Balaban J connectivity index is 1.35. The predicted octanol–water partition coefficient (Wildman–Crippen LogP) is 3.81. The Bertz CT molecular complexity index is 992. The van der Waals surface area contributed by atoms with Crippen molar-refractivity contribution in [2.24, 2.45) is 0 Å². The Kier molecular flexibility index (Phi) is 5.74. The molecule has 1 aromatic carbocycles. The van der Waals surface area contributed by atoms with Gasteiger partial charge in [-0.2, -0.15) is 0 Å². The second-order valence-electron chi connectivity index (χ2n) is 7.64. The molecule has 1 aliphatic heterocycles. The molecule has 1 saturated heterocycles. The summed E-state index contributed by atoms with van der Waals surface area (Å²) in [4.78, 5) is 23.3. The average Bonchev–Trinajstić information content (AvgIpc) is 3.16. The molecule has 0 radical (unpaired) electrons. The van der Waals surface area contributed by atoms with Gasteiger partial charge < -0.3 is 14.6 Å². The van der Waals surface area contributed by atoms with E-state index in [1.807, 2.05) is 30.3 Å². The number of nitrogens with one attached hydrogen (secondary N) is 1. The van der Waals surface area contributed by atoms with E-state index in [2.05, 4.69) is 14.9 Å². The van der Waals surface area contributed by atoms with Crippen LogP contribution < -0.4 is 4.74 Å². The number of halogens is 1. The van der Waals surface area contributed by atoms with Crippen molar-refractivity contribution in [2.75, 3.05) is 33.7 Å². The van der Waals surface area contributed by atoms with E-state index < -0.39 is 0 Å². The molecule has 1 aliphatic rings. The number of aromatic amines is 1. The second-order valence-corrected chi connectivity index (χ2v) is 8.05. The molecule has 29 heavy (non-hydrogen) atoms. The van der Waals surface area contributed by atoms with Gasteiger partial charge in [-0.15, -0.1) is 0 Å². The van der Waals surface area contributed by atoms with Gasteiger partial charge in [0.05, 0.1) is 11.6 Å². The molecular formula is C22H25ClN4O2. The first-order valence-corrected chi connectivity index (χ1v) is 10.2. The second kappa shape index (κ2) is 8.43. The number of pyridine rings is 1. The third-order valence-electron chi connectivity index (χ3n) is 5.34. The molecule has 7 heteroatoms. The maximum absolute atomic E-state index is 11.8. The number of rotatable bonds is 5. The number of carbonyl (C=O) groups is 1. The van der Waals surface area contributed by atoms with Crippen molar-refractivity contribution in [3.63, 3.8) is 0 Å². The van der Waals surface area contributed by atoms with Gasteiger partial charge in [-0.3, -0.25) is 9.69 Å². The topological polar surface area (TPSA) is 61.5 Å². The Morgan fingerprint density at radius 3 is 2.62 bits per heavy atom. The molecule has 0 bridgehead atoms. The predicted molar refractivity (Wildman–Crippen MR) is 115 cm³/mol. The van der Waals surface area contributed by atoms with Crippen LogP contribution in [0.5, 0.6) is 5.75 Å². The lowest BCUT2D eigenvalue weighted by atomic mass is 10.1. The Hall–Kier alpha value is -2.57. The number of aromatic nitrogens is 2. The molecule has 152 valence electrons. The largest absolute Gasteiger partial charge is 0.490 e. The van der Waals surface area contributed by atoms with Gasteiger partial charge in [0.15, 0.2) is 0 Å². The maximum atomic E-state index is 11.8. The molecule has 0 spiro atoms. The van der Waals surface area contributed by atoms with Crippen LogP contribution in [0.25, 0.3) is 22.3 Å². The lowest BCUT2D eigenvalue weighted by Crippen LogP contribution is -2.43. The number of likely N-dealkylation sites (N-methyl/N-ethyl adjacent to an activating group) is 1. The lowest BCUT2D eigenvalue weighted by Gasteiger charge is -2.32. The average molecular weight is 413 g/mol. The molecule has 0 saturated carbocycles. The van der Waals surface area contributed by atoms with E-state index in [1.54, 1.807) is 31.3 Å². The molecule has 4 rings (SSSR count). The summed E-state index contributed by atoms with van der Waals surface area (Å²) in [7, 11) is 3.59. The van der Waals surface area contributed by atoms with Crippen molar-refractivity contribution in [1.82, 2.24) is 19.8 Å². The van der Waals surface area contributed by atoms with E-state index in [0.29, 0.717) is 11.6 Å². The molecule has 0 unspecified atom stereocenters. The van der Waals surface area contributed by atoms with Gasteiger partial charge in [-0.25, -0.2) is 4.98 Å². The fourth-order valence-electron chi connectivity index (χ4n) is 3.57. The van der Waals surface area contributed by atoms with Crippen LogP contribution in [-0.2, 0) is 4.79 Å². The normalized spacial score (nSPS) is 15.6. The SMILES string of the molecule is CN(C)C(=O)CN1CCC(Oc2ccc(-c3cc4c(Cl)ccnc4[nH]3)cc2)CC1. The minimum Gasteiger partial charge on any atom is -0.490 e. The number of piperidine rings is 1. The van der Waals surface area contributed by atoms with Crippen LogP contribution in [0.4, 0.5) is 0 Å². The lowest BCUT2D eigenvalue weighted by molar-refractivity contribution is -0.130. The van der Waals surface area contributed by atoms with Crippen molar-refractivity contribution in [1.29, 1.82) is 0 Å². The first-order valence-electron chi connectivity index (χ1n) is 9.82. The van der Waals surface area contributed by atoms with Crippen LogP contribution in [0.15, 0.2) is 42.6 Å². The number of benzene rings is 1. The first kappa shape index (κ1) is 19.7. The highest BCUT2D eigenvalue weighted by Gasteiger charge is 2.22. The Labute approximate surface area is 175 Å². The first-order chi connectivity index (χ1) is 14.0. The quantitative estimate of drug-likeness (QED) is 0.692. The van der Waals surface area contributed by atoms with E-state index in [-0.39, 0.29) is 12.0 Å². The van der Waals surface area contributed by atoms with Crippen molar-refractivity contribution in [3.8, 4) is 17.0 Å². The summed E-state index contributed by atoms with van der Waals surface area (Å²) in [5, 5.41) is 1.61. The number of nitrogens with zero attached hydrogens (tertiary/aromatic N) is 3. The summed E-state index contributed by atoms with van der Waals surface area (Å²) in [5.74, 6) is 1.01. The number of ether oxygens (including phenoxy) is 1. The summed E-state index contributed by atoms with van der Waals surface area (Å²) in [6, 6.07) is 11.9. The van der Waals surface area contributed by atoms with Crippen molar-refractivity contribution in [2.45, 2.75) is 18.9 Å². The van der Waals surface area contributed by atoms with Gasteiger partial charge in [-0.05, 0) is 54.8 Å². The molecule has 1 amide bonds. The van der Waals surface area contributed by atoms with E-state index in [0.717, 1.165) is 54.0 Å². The molecule has 1 N–H and O–H groups in total. The highest BCUT2D eigenvalue weighted by atomic mass is 35.5. The summed E-state index contributed by atoms with van der Waals surface area (Å²) < 4.78 is 6.16. The highest BCUT2D eigenvalue weighted by Crippen LogP contribution is 2.29. The highest BCUT2D eigenvalue weighted by molar-refractivity contribution is 6.35. The fourth-order valence-corrected chi connectivity index (χ4v) is 3.77. The van der Waals surface area contributed by atoms with Crippen molar-refractivity contribution >= 4 is 28.5 Å². The Morgan fingerprint density at radius 1 is 1.24 bits per heavy atom. The minimum atomic E-state index is 0.147. The van der Waals surface area contributed by atoms with E-state index in [1.165, 1.54) is 0 Å². The minimum absolute atomic E-state index is 0.147. The molecule has 6 nitrogen and oxygen atoms in total. The Morgan fingerprint density at radius 2 is 1.97 bits per heavy atom.